The molecule has 3 heteroatoms. The summed E-state index contributed by atoms with van der Waals surface area (Å²) in [6.07, 6.45) is 3.37. The topological polar surface area (TPSA) is 35.8 Å². The molecular formula is C11H14N2S. The Bertz CT molecular complexity index is 350. The lowest BCUT2D eigenvalue weighted by Gasteiger charge is -2.16. The Morgan fingerprint density at radius 3 is 3.00 bits per heavy atom. The molecule has 2 unspecified atom stereocenters. The summed E-state index contributed by atoms with van der Waals surface area (Å²) in [6, 6.07) is 2.76. The molecule has 74 valence electrons. The first kappa shape index (κ1) is 9.54. The maximum atomic E-state index is 8.95. The molecule has 1 aliphatic rings. The minimum absolute atomic E-state index is 0.203. The molecule has 14 heavy (non-hydrogen) atoms. The fourth-order valence-electron chi connectivity index (χ4n) is 2.00. The predicted molar refractivity (Wildman–Crippen MR) is 59.4 cm³/mol. The number of anilines is 1. The summed E-state index contributed by atoms with van der Waals surface area (Å²) >= 11 is 1.71. The minimum Gasteiger partial charge on any atom is -0.380 e. The molecular weight excluding hydrogens is 192 g/mol. The number of aryl methyl sites for hydroxylation is 1. The number of hydrogen-bond acceptors (Lipinski definition) is 3. The number of nitrogens with zero attached hydrogens (tertiary/aromatic N) is 1. The van der Waals surface area contributed by atoms with Crippen LogP contribution in [0.5, 0.6) is 0 Å². The fourth-order valence-corrected chi connectivity index (χ4v) is 2.78. The van der Waals surface area contributed by atoms with E-state index in [1.807, 2.05) is 0 Å². The lowest BCUT2D eigenvalue weighted by molar-refractivity contribution is 0.629. The molecule has 0 saturated heterocycles. The second-order valence-electron chi connectivity index (χ2n) is 3.89. The highest BCUT2D eigenvalue weighted by Crippen LogP contribution is 2.30. The van der Waals surface area contributed by atoms with Gasteiger partial charge in [0, 0.05) is 17.1 Å². The van der Waals surface area contributed by atoms with E-state index in [4.69, 9.17) is 5.26 Å². The van der Waals surface area contributed by atoms with Gasteiger partial charge in [0.15, 0.2) is 0 Å². The third kappa shape index (κ3) is 1.76. The van der Waals surface area contributed by atoms with Crippen molar-refractivity contribution in [2.45, 2.75) is 32.2 Å². The first-order chi connectivity index (χ1) is 6.81. The molecule has 0 bridgehead atoms. The van der Waals surface area contributed by atoms with Crippen LogP contribution in [0.15, 0.2) is 10.8 Å². The van der Waals surface area contributed by atoms with Crippen LogP contribution in [0.1, 0.15) is 24.8 Å². The van der Waals surface area contributed by atoms with Crippen LogP contribution in [0.4, 0.5) is 5.69 Å². The Morgan fingerprint density at radius 1 is 1.50 bits per heavy atom. The quantitative estimate of drug-likeness (QED) is 0.806. The molecule has 0 radical (unpaired) electrons. The molecule has 2 rings (SSSR count). The summed E-state index contributed by atoms with van der Waals surface area (Å²) in [5.74, 6) is 0.203. The second kappa shape index (κ2) is 4.02. The molecule has 0 aliphatic heterocycles. The van der Waals surface area contributed by atoms with Gasteiger partial charge in [0.05, 0.1) is 12.0 Å². The highest BCUT2D eigenvalue weighted by molar-refractivity contribution is 7.08. The zero-order valence-electron chi connectivity index (χ0n) is 8.29. The van der Waals surface area contributed by atoms with E-state index in [2.05, 4.69) is 29.1 Å². The summed E-state index contributed by atoms with van der Waals surface area (Å²) in [7, 11) is 0. The van der Waals surface area contributed by atoms with Gasteiger partial charge in [-0.15, -0.1) is 11.3 Å². The third-order valence-corrected chi connectivity index (χ3v) is 3.74. The Balaban J connectivity index is 2.05. The van der Waals surface area contributed by atoms with Crippen LogP contribution in [-0.4, -0.2) is 6.04 Å². The summed E-state index contributed by atoms with van der Waals surface area (Å²) in [5.41, 5.74) is 2.50. The van der Waals surface area contributed by atoms with Gasteiger partial charge in [-0.1, -0.05) is 0 Å². The van der Waals surface area contributed by atoms with Gasteiger partial charge in [-0.25, -0.2) is 0 Å². The highest BCUT2D eigenvalue weighted by atomic mass is 32.1. The Hall–Kier alpha value is -1.01. The van der Waals surface area contributed by atoms with Gasteiger partial charge < -0.3 is 5.32 Å². The molecule has 1 fully saturated rings. The van der Waals surface area contributed by atoms with Crippen LogP contribution < -0.4 is 5.32 Å². The SMILES string of the molecule is Cc1cscc1NC1CCCC1C#N. The van der Waals surface area contributed by atoms with Crippen molar-refractivity contribution in [1.82, 2.24) is 0 Å². The van der Waals surface area contributed by atoms with E-state index >= 15 is 0 Å². The molecule has 0 aromatic carbocycles. The van der Waals surface area contributed by atoms with Crippen molar-refractivity contribution < 1.29 is 0 Å². The van der Waals surface area contributed by atoms with Gasteiger partial charge in [-0.3, -0.25) is 0 Å². The van der Waals surface area contributed by atoms with Crippen molar-refractivity contribution in [2.24, 2.45) is 5.92 Å². The van der Waals surface area contributed by atoms with Crippen LogP contribution in [0, 0.1) is 24.2 Å². The third-order valence-electron chi connectivity index (χ3n) is 2.88. The van der Waals surface area contributed by atoms with E-state index in [0.717, 1.165) is 12.8 Å². The summed E-state index contributed by atoms with van der Waals surface area (Å²) in [4.78, 5) is 0. The van der Waals surface area contributed by atoms with E-state index in [1.54, 1.807) is 11.3 Å². The van der Waals surface area contributed by atoms with Crippen molar-refractivity contribution in [1.29, 1.82) is 5.26 Å². The molecule has 0 amide bonds. The minimum atomic E-state index is 0.203. The van der Waals surface area contributed by atoms with E-state index in [1.165, 1.54) is 17.7 Å². The predicted octanol–water partition coefficient (Wildman–Crippen LogP) is 3.16. The maximum Gasteiger partial charge on any atom is 0.0677 e. The number of rotatable bonds is 2. The number of hydrogen-bond donors (Lipinski definition) is 1. The molecule has 1 saturated carbocycles. The van der Waals surface area contributed by atoms with Crippen molar-refractivity contribution in [3.05, 3.63) is 16.3 Å². The average molecular weight is 206 g/mol. The Morgan fingerprint density at radius 2 is 2.36 bits per heavy atom. The molecule has 1 heterocycles. The van der Waals surface area contributed by atoms with Crippen LogP contribution in [0.2, 0.25) is 0 Å². The summed E-state index contributed by atoms with van der Waals surface area (Å²) in [6.45, 7) is 2.11. The van der Waals surface area contributed by atoms with E-state index in [-0.39, 0.29) is 5.92 Å². The highest BCUT2D eigenvalue weighted by Gasteiger charge is 2.27. The van der Waals surface area contributed by atoms with Gasteiger partial charge in [-0.05, 0) is 37.1 Å². The van der Waals surface area contributed by atoms with E-state index in [0.29, 0.717) is 6.04 Å². The van der Waals surface area contributed by atoms with Crippen LogP contribution >= 0.6 is 11.3 Å². The summed E-state index contributed by atoms with van der Waals surface area (Å²) in [5, 5.41) is 16.7. The fraction of sp³-hybridized carbons (Fsp3) is 0.545. The number of thiophene rings is 1. The first-order valence-corrected chi connectivity index (χ1v) is 5.94. The largest absolute Gasteiger partial charge is 0.380 e. The van der Waals surface area contributed by atoms with Gasteiger partial charge in [-0.2, -0.15) is 5.26 Å². The normalized spacial score (nSPS) is 26.0. The van der Waals surface area contributed by atoms with E-state index < -0.39 is 0 Å². The van der Waals surface area contributed by atoms with Crippen molar-refractivity contribution >= 4 is 17.0 Å². The van der Waals surface area contributed by atoms with Gasteiger partial charge in [0.25, 0.3) is 0 Å². The molecule has 0 spiro atoms. The lowest BCUT2D eigenvalue weighted by atomic mass is 10.1. The summed E-state index contributed by atoms with van der Waals surface area (Å²) < 4.78 is 0. The van der Waals surface area contributed by atoms with Crippen LogP contribution in [-0.2, 0) is 0 Å². The standard InChI is InChI=1S/C11H14N2S/c1-8-6-14-7-11(8)13-10-4-2-3-9(10)5-12/h6-7,9-10,13H,2-4H2,1H3. The molecule has 1 aromatic heterocycles. The first-order valence-electron chi connectivity index (χ1n) is 5.00. The Labute approximate surface area is 88.6 Å². The zero-order valence-corrected chi connectivity index (χ0v) is 9.10. The smallest absolute Gasteiger partial charge is 0.0677 e. The van der Waals surface area contributed by atoms with Crippen molar-refractivity contribution in [3.8, 4) is 6.07 Å². The number of nitrogens with one attached hydrogen (secondary N) is 1. The molecule has 2 nitrogen and oxygen atoms in total. The van der Waals surface area contributed by atoms with Crippen LogP contribution in [0.3, 0.4) is 0 Å². The van der Waals surface area contributed by atoms with Gasteiger partial charge in [0.1, 0.15) is 0 Å². The van der Waals surface area contributed by atoms with E-state index in [9.17, 15) is 0 Å². The second-order valence-corrected chi connectivity index (χ2v) is 4.63. The molecule has 1 aliphatic carbocycles. The van der Waals surface area contributed by atoms with Gasteiger partial charge >= 0.3 is 0 Å². The zero-order chi connectivity index (χ0) is 9.97. The average Bonchev–Trinajstić information content (AvgIpc) is 2.77. The maximum absolute atomic E-state index is 8.95. The number of nitriles is 1. The molecule has 2 atom stereocenters. The monoisotopic (exact) mass is 206 g/mol. The Kier molecular flexibility index (Phi) is 2.74. The van der Waals surface area contributed by atoms with Crippen molar-refractivity contribution in [3.63, 3.8) is 0 Å². The molecule has 1 aromatic rings. The van der Waals surface area contributed by atoms with Crippen molar-refractivity contribution in [2.75, 3.05) is 5.32 Å². The van der Waals surface area contributed by atoms with Crippen LogP contribution in [0.25, 0.3) is 0 Å². The lowest BCUT2D eigenvalue weighted by Crippen LogP contribution is -2.22. The molecule has 1 N–H and O–H groups in total. The van der Waals surface area contributed by atoms with Gasteiger partial charge in [0.2, 0.25) is 0 Å².